The van der Waals surface area contributed by atoms with Crippen LogP contribution in [0.2, 0.25) is 0 Å². The van der Waals surface area contributed by atoms with Crippen LogP contribution in [0.1, 0.15) is 25.6 Å². The zero-order valence-electron chi connectivity index (χ0n) is 12.4. The minimum atomic E-state index is 0.0477. The molecular weight excluding hydrogens is 254 g/mol. The number of likely N-dealkylation sites (N-methyl/N-ethyl adjacent to an activating group) is 1. The Hall–Kier alpha value is -1.36. The Labute approximate surface area is 120 Å². The number of rotatable bonds is 8. The van der Waals surface area contributed by atoms with Gasteiger partial charge in [-0.1, -0.05) is 18.2 Å². The van der Waals surface area contributed by atoms with Crippen LogP contribution in [0, 0.1) is 0 Å². The molecule has 1 aromatic carbocycles. The molecule has 0 radical (unpaired) electrons. The molecule has 1 heterocycles. The molecular formula is C16H23NO3. The predicted octanol–water partition coefficient (Wildman–Crippen LogP) is 3.13. The molecule has 2 atom stereocenters. The van der Waals surface area contributed by atoms with E-state index in [0.29, 0.717) is 19.8 Å². The van der Waals surface area contributed by atoms with Crippen LogP contribution in [0.3, 0.4) is 0 Å². The van der Waals surface area contributed by atoms with Crippen LogP contribution < -0.4 is 5.32 Å². The molecule has 1 N–H and O–H groups in total. The van der Waals surface area contributed by atoms with Gasteiger partial charge in [-0.2, -0.15) is 0 Å². The van der Waals surface area contributed by atoms with Crippen molar-refractivity contribution in [2.75, 3.05) is 26.9 Å². The van der Waals surface area contributed by atoms with Crippen molar-refractivity contribution in [3.8, 4) is 0 Å². The van der Waals surface area contributed by atoms with Crippen LogP contribution in [0.5, 0.6) is 0 Å². The van der Waals surface area contributed by atoms with Crippen LogP contribution in [0.25, 0.3) is 11.0 Å². The number of fused-ring (bicyclic) bond motifs is 1. The summed E-state index contributed by atoms with van der Waals surface area (Å²) in [6, 6.07) is 10.1. The first-order valence-electron chi connectivity index (χ1n) is 7.09. The molecule has 4 heteroatoms. The van der Waals surface area contributed by atoms with Gasteiger partial charge < -0.3 is 19.2 Å². The first-order valence-corrected chi connectivity index (χ1v) is 7.09. The highest BCUT2D eigenvalue weighted by Gasteiger charge is 2.16. The van der Waals surface area contributed by atoms with E-state index >= 15 is 0 Å². The SMILES string of the molecule is CCOCC(C)OCC(NC)c1cc2ccccc2o1. The number of ether oxygens (including phenoxy) is 2. The van der Waals surface area contributed by atoms with E-state index < -0.39 is 0 Å². The lowest BCUT2D eigenvalue weighted by Crippen LogP contribution is -2.25. The van der Waals surface area contributed by atoms with Gasteiger partial charge >= 0.3 is 0 Å². The van der Waals surface area contributed by atoms with E-state index in [1.807, 2.05) is 45.2 Å². The number of furan rings is 1. The predicted molar refractivity (Wildman–Crippen MR) is 79.9 cm³/mol. The average Bonchev–Trinajstić information content (AvgIpc) is 2.89. The number of para-hydroxylation sites is 1. The maximum atomic E-state index is 5.86. The number of benzene rings is 1. The largest absolute Gasteiger partial charge is 0.459 e. The third-order valence-corrected chi connectivity index (χ3v) is 3.24. The van der Waals surface area contributed by atoms with Crippen LogP contribution in [0.4, 0.5) is 0 Å². The fourth-order valence-electron chi connectivity index (χ4n) is 2.07. The first kappa shape index (κ1) is 15.0. The molecule has 0 aliphatic heterocycles. The van der Waals surface area contributed by atoms with Crippen molar-refractivity contribution < 1.29 is 13.9 Å². The van der Waals surface area contributed by atoms with Gasteiger partial charge in [-0.15, -0.1) is 0 Å². The highest BCUT2D eigenvalue weighted by molar-refractivity contribution is 5.77. The Kier molecular flexibility index (Phi) is 5.59. The van der Waals surface area contributed by atoms with Crippen molar-refractivity contribution in [2.45, 2.75) is 26.0 Å². The standard InChI is InChI=1S/C16H23NO3/c1-4-18-10-12(2)19-11-14(17-3)16-9-13-7-5-6-8-15(13)20-16/h5-9,12,14,17H,4,10-11H2,1-3H3. The van der Waals surface area contributed by atoms with Crippen LogP contribution >= 0.6 is 0 Å². The molecule has 0 aliphatic carbocycles. The molecule has 0 spiro atoms. The molecule has 110 valence electrons. The number of nitrogens with one attached hydrogen (secondary N) is 1. The van der Waals surface area contributed by atoms with E-state index in [2.05, 4.69) is 11.4 Å². The Balaban J connectivity index is 1.97. The molecule has 0 saturated heterocycles. The lowest BCUT2D eigenvalue weighted by Gasteiger charge is -2.18. The number of hydrogen-bond donors (Lipinski definition) is 1. The smallest absolute Gasteiger partial charge is 0.134 e. The zero-order valence-corrected chi connectivity index (χ0v) is 12.4. The molecule has 2 rings (SSSR count). The Morgan fingerprint density at radius 1 is 1.25 bits per heavy atom. The van der Waals surface area contributed by atoms with Gasteiger partial charge in [0.2, 0.25) is 0 Å². The van der Waals surface area contributed by atoms with Gasteiger partial charge in [-0.3, -0.25) is 0 Å². The highest BCUT2D eigenvalue weighted by Crippen LogP contribution is 2.24. The van der Waals surface area contributed by atoms with Crippen molar-refractivity contribution in [3.05, 3.63) is 36.1 Å². The summed E-state index contributed by atoms with van der Waals surface area (Å²) in [6.45, 7) is 5.89. The van der Waals surface area contributed by atoms with Crippen molar-refractivity contribution in [1.29, 1.82) is 0 Å². The molecule has 0 fully saturated rings. The molecule has 0 aliphatic rings. The molecule has 1 aromatic heterocycles. The zero-order chi connectivity index (χ0) is 14.4. The summed E-state index contributed by atoms with van der Waals surface area (Å²) in [6.07, 6.45) is 0.0789. The Bertz CT molecular complexity index is 490. The second-order valence-electron chi connectivity index (χ2n) is 4.83. The molecule has 0 bridgehead atoms. The molecule has 4 nitrogen and oxygen atoms in total. The van der Waals surface area contributed by atoms with Gasteiger partial charge in [0.05, 0.1) is 25.4 Å². The third-order valence-electron chi connectivity index (χ3n) is 3.24. The Morgan fingerprint density at radius 3 is 2.75 bits per heavy atom. The molecule has 2 aromatic rings. The van der Waals surface area contributed by atoms with E-state index in [1.165, 1.54) is 0 Å². The van der Waals surface area contributed by atoms with Crippen molar-refractivity contribution in [3.63, 3.8) is 0 Å². The first-order chi connectivity index (χ1) is 9.74. The van der Waals surface area contributed by atoms with Crippen LogP contribution in [-0.4, -0.2) is 33.0 Å². The lowest BCUT2D eigenvalue weighted by atomic mass is 10.2. The number of hydrogen-bond acceptors (Lipinski definition) is 4. The summed E-state index contributed by atoms with van der Waals surface area (Å²) in [5.74, 6) is 0.900. The Morgan fingerprint density at radius 2 is 2.05 bits per heavy atom. The minimum Gasteiger partial charge on any atom is -0.459 e. The van der Waals surface area contributed by atoms with Gasteiger partial charge in [0.25, 0.3) is 0 Å². The van der Waals surface area contributed by atoms with Gasteiger partial charge in [-0.25, -0.2) is 0 Å². The van der Waals surface area contributed by atoms with E-state index in [9.17, 15) is 0 Å². The minimum absolute atomic E-state index is 0.0477. The van der Waals surface area contributed by atoms with Crippen molar-refractivity contribution in [1.82, 2.24) is 5.32 Å². The quantitative estimate of drug-likeness (QED) is 0.805. The maximum Gasteiger partial charge on any atom is 0.134 e. The second kappa shape index (κ2) is 7.43. The topological polar surface area (TPSA) is 43.6 Å². The van der Waals surface area contributed by atoms with Crippen molar-refractivity contribution >= 4 is 11.0 Å². The lowest BCUT2D eigenvalue weighted by molar-refractivity contribution is -0.0126. The monoisotopic (exact) mass is 277 g/mol. The fourth-order valence-corrected chi connectivity index (χ4v) is 2.07. The molecule has 0 amide bonds. The summed E-state index contributed by atoms with van der Waals surface area (Å²) in [5.41, 5.74) is 0.908. The maximum absolute atomic E-state index is 5.86. The molecule has 20 heavy (non-hydrogen) atoms. The normalized spacial score (nSPS) is 14.6. The summed E-state index contributed by atoms with van der Waals surface area (Å²) in [7, 11) is 1.91. The van der Waals surface area contributed by atoms with Gasteiger partial charge in [0.1, 0.15) is 11.3 Å². The summed E-state index contributed by atoms with van der Waals surface area (Å²) in [5, 5.41) is 4.35. The van der Waals surface area contributed by atoms with E-state index in [1.54, 1.807) is 0 Å². The van der Waals surface area contributed by atoms with E-state index in [0.717, 1.165) is 16.7 Å². The molecule has 0 saturated carbocycles. The van der Waals surface area contributed by atoms with Gasteiger partial charge in [0.15, 0.2) is 0 Å². The second-order valence-corrected chi connectivity index (χ2v) is 4.83. The van der Waals surface area contributed by atoms with E-state index in [-0.39, 0.29) is 12.1 Å². The van der Waals surface area contributed by atoms with Gasteiger partial charge in [-0.05, 0) is 33.0 Å². The van der Waals surface area contributed by atoms with Gasteiger partial charge in [0, 0.05) is 12.0 Å². The summed E-state index contributed by atoms with van der Waals surface area (Å²) in [4.78, 5) is 0. The average molecular weight is 277 g/mol. The summed E-state index contributed by atoms with van der Waals surface area (Å²) >= 11 is 0. The van der Waals surface area contributed by atoms with Crippen LogP contribution in [0.15, 0.2) is 34.7 Å². The fraction of sp³-hybridized carbons (Fsp3) is 0.500. The highest BCUT2D eigenvalue weighted by atomic mass is 16.5. The summed E-state index contributed by atoms with van der Waals surface area (Å²) < 4.78 is 17.0. The van der Waals surface area contributed by atoms with E-state index in [4.69, 9.17) is 13.9 Å². The molecule has 2 unspecified atom stereocenters. The third kappa shape index (κ3) is 3.82. The van der Waals surface area contributed by atoms with Crippen LogP contribution in [-0.2, 0) is 9.47 Å². The van der Waals surface area contributed by atoms with Crippen molar-refractivity contribution in [2.24, 2.45) is 0 Å².